The molecule has 2 aliphatic carbocycles. The summed E-state index contributed by atoms with van der Waals surface area (Å²) in [5, 5.41) is 0. The molecule has 1 heterocycles. The van der Waals surface area contributed by atoms with E-state index >= 15 is 0 Å². The molecule has 3 aliphatic rings. The van der Waals surface area contributed by atoms with E-state index in [4.69, 9.17) is 9.47 Å². The summed E-state index contributed by atoms with van der Waals surface area (Å²) in [6, 6.07) is 2.86. The van der Waals surface area contributed by atoms with Crippen molar-refractivity contribution >= 4 is 0 Å². The van der Waals surface area contributed by atoms with Crippen LogP contribution in [-0.2, 0) is 11.2 Å². The Morgan fingerprint density at radius 3 is 2.54 bits per heavy atom. The van der Waals surface area contributed by atoms with Gasteiger partial charge in [0.05, 0.1) is 12.7 Å². The lowest BCUT2D eigenvalue weighted by Crippen LogP contribution is -2.34. The molecule has 0 amide bonds. The number of hydrogen-bond acceptors (Lipinski definition) is 2. The number of fused-ring (bicyclic) bond motifs is 1. The molecule has 1 unspecified atom stereocenters. The molecule has 0 aromatic heterocycles. The van der Waals surface area contributed by atoms with E-state index in [1.54, 1.807) is 6.07 Å². The Kier molecular flexibility index (Phi) is 6.66. The second kappa shape index (κ2) is 9.39. The van der Waals surface area contributed by atoms with Gasteiger partial charge in [-0.25, -0.2) is 4.39 Å². The molecule has 2 fully saturated rings. The van der Waals surface area contributed by atoms with E-state index < -0.39 is 11.6 Å². The molecule has 0 spiro atoms. The van der Waals surface area contributed by atoms with Gasteiger partial charge in [0.2, 0.25) is 5.82 Å². The van der Waals surface area contributed by atoms with E-state index in [9.17, 15) is 8.78 Å². The maximum Gasteiger partial charge on any atom is 0.200 e. The van der Waals surface area contributed by atoms with Crippen LogP contribution in [0.15, 0.2) is 24.3 Å². The topological polar surface area (TPSA) is 18.5 Å². The number of halogens is 2. The monoisotopic (exact) mass is 390 g/mol. The summed E-state index contributed by atoms with van der Waals surface area (Å²) >= 11 is 0. The van der Waals surface area contributed by atoms with Crippen molar-refractivity contribution in [3.8, 4) is 5.75 Å². The molecule has 1 aliphatic heterocycles. The quantitative estimate of drug-likeness (QED) is 0.544. The average molecular weight is 391 g/mol. The lowest BCUT2D eigenvalue weighted by molar-refractivity contribution is 0.0461. The smallest absolute Gasteiger partial charge is 0.200 e. The van der Waals surface area contributed by atoms with Crippen molar-refractivity contribution in [3.05, 3.63) is 41.5 Å². The number of hydrogen-bond donors (Lipinski definition) is 0. The Morgan fingerprint density at radius 2 is 1.75 bits per heavy atom. The van der Waals surface area contributed by atoms with Crippen molar-refractivity contribution in [2.45, 2.75) is 82.8 Å². The van der Waals surface area contributed by atoms with Crippen molar-refractivity contribution in [1.29, 1.82) is 0 Å². The Hall–Kier alpha value is -1.42. The Bertz CT molecular complexity index is 673. The van der Waals surface area contributed by atoms with Crippen molar-refractivity contribution < 1.29 is 18.3 Å². The summed E-state index contributed by atoms with van der Waals surface area (Å²) in [5.41, 5.74) is 0.796. The second-order valence-corrected chi connectivity index (χ2v) is 8.74. The van der Waals surface area contributed by atoms with Crippen molar-refractivity contribution in [2.24, 2.45) is 11.8 Å². The Morgan fingerprint density at radius 1 is 0.964 bits per heavy atom. The van der Waals surface area contributed by atoms with Crippen LogP contribution in [0.4, 0.5) is 8.78 Å². The third-order valence-electron chi connectivity index (χ3n) is 6.83. The van der Waals surface area contributed by atoms with Gasteiger partial charge in [0.25, 0.3) is 0 Å². The number of aryl methyl sites for hydroxylation is 1. The van der Waals surface area contributed by atoms with Crippen LogP contribution in [0, 0.1) is 23.5 Å². The molecule has 4 rings (SSSR count). The van der Waals surface area contributed by atoms with E-state index in [2.05, 4.69) is 12.2 Å². The fourth-order valence-electron chi connectivity index (χ4n) is 5.12. The molecule has 1 aromatic rings. The van der Waals surface area contributed by atoms with Gasteiger partial charge < -0.3 is 9.47 Å². The van der Waals surface area contributed by atoms with Gasteiger partial charge >= 0.3 is 0 Å². The van der Waals surface area contributed by atoms with Crippen LogP contribution in [0.1, 0.15) is 69.8 Å². The molecule has 28 heavy (non-hydrogen) atoms. The van der Waals surface area contributed by atoms with Crippen molar-refractivity contribution in [3.63, 3.8) is 0 Å². The van der Waals surface area contributed by atoms with Gasteiger partial charge in [0.1, 0.15) is 6.10 Å². The highest BCUT2D eigenvalue weighted by Gasteiger charge is 2.32. The molecular weight excluding hydrogens is 358 g/mol. The largest absolute Gasteiger partial charge is 0.487 e. The summed E-state index contributed by atoms with van der Waals surface area (Å²) < 4.78 is 39.5. The number of ether oxygens (including phenoxy) is 2. The molecular formula is C24H32F2O2. The fraction of sp³-hybridized carbons (Fsp3) is 0.667. The first-order valence-electron chi connectivity index (χ1n) is 11.1. The van der Waals surface area contributed by atoms with Crippen LogP contribution in [0.2, 0.25) is 0 Å². The Labute approximate surface area is 167 Å². The zero-order valence-corrected chi connectivity index (χ0v) is 16.7. The van der Waals surface area contributed by atoms with Gasteiger partial charge in [0.15, 0.2) is 11.6 Å². The lowest BCUT2D eigenvalue weighted by atomic mass is 9.77. The molecule has 0 bridgehead atoms. The highest BCUT2D eigenvalue weighted by molar-refractivity contribution is 5.37. The minimum atomic E-state index is -0.822. The molecule has 1 aromatic carbocycles. The standard InChI is InChI=1S/C24H32F2O2/c25-21-14-12-19-13-15-22(28-24(19)23(21)26)18-10-8-17(9-11-18)5-4-16-27-20-6-2-1-3-7-20/h4-5,12,14,17-18,20,22H,1-3,6-11,13,15-16H2/b5-4+. The van der Waals surface area contributed by atoms with E-state index in [-0.39, 0.29) is 11.9 Å². The number of rotatable bonds is 5. The predicted octanol–water partition coefficient (Wildman–Crippen LogP) is 6.37. The molecule has 2 nitrogen and oxygen atoms in total. The molecule has 0 radical (unpaired) electrons. The summed E-state index contributed by atoms with van der Waals surface area (Å²) in [5.74, 6) is -0.436. The van der Waals surface area contributed by atoms with Gasteiger partial charge in [-0.1, -0.05) is 37.5 Å². The first kappa shape index (κ1) is 19.9. The van der Waals surface area contributed by atoms with Crippen LogP contribution in [0.25, 0.3) is 0 Å². The summed E-state index contributed by atoms with van der Waals surface area (Å²) in [6.07, 6.45) is 17.6. The first-order chi connectivity index (χ1) is 13.7. The van der Waals surface area contributed by atoms with E-state index in [0.717, 1.165) is 50.7 Å². The van der Waals surface area contributed by atoms with Gasteiger partial charge in [-0.2, -0.15) is 4.39 Å². The van der Waals surface area contributed by atoms with Crippen LogP contribution < -0.4 is 4.74 Å². The third kappa shape index (κ3) is 4.76. The average Bonchev–Trinajstić information content (AvgIpc) is 2.75. The van der Waals surface area contributed by atoms with E-state index in [1.807, 2.05) is 0 Å². The van der Waals surface area contributed by atoms with Crippen molar-refractivity contribution in [1.82, 2.24) is 0 Å². The summed E-state index contributed by atoms with van der Waals surface area (Å²) in [7, 11) is 0. The minimum Gasteiger partial charge on any atom is -0.487 e. The molecule has 1 atom stereocenters. The maximum absolute atomic E-state index is 14.1. The fourth-order valence-corrected chi connectivity index (χ4v) is 5.12. The first-order valence-corrected chi connectivity index (χ1v) is 11.1. The predicted molar refractivity (Wildman–Crippen MR) is 107 cm³/mol. The van der Waals surface area contributed by atoms with Gasteiger partial charge in [-0.05, 0) is 74.8 Å². The molecule has 0 saturated heterocycles. The normalized spacial score (nSPS) is 28.9. The molecule has 0 N–H and O–H groups in total. The van der Waals surface area contributed by atoms with Crippen LogP contribution in [-0.4, -0.2) is 18.8 Å². The summed E-state index contributed by atoms with van der Waals surface area (Å²) in [6.45, 7) is 0.734. The molecule has 4 heteroatoms. The lowest BCUT2D eigenvalue weighted by Gasteiger charge is -2.36. The van der Waals surface area contributed by atoms with Gasteiger partial charge in [-0.15, -0.1) is 0 Å². The SMILES string of the molecule is Fc1ccc2c(c1F)OC(C1CCC(/C=C/COC3CCCCC3)CC1)CC2. The number of allylic oxidation sites excluding steroid dienone is 1. The number of benzene rings is 1. The Balaban J connectivity index is 1.22. The van der Waals surface area contributed by atoms with E-state index in [0.29, 0.717) is 17.9 Å². The minimum absolute atomic E-state index is 0.0170. The van der Waals surface area contributed by atoms with Crippen molar-refractivity contribution in [2.75, 3.05) is 6.61 Å². The highest BCUT2D eigenvalue weighted by atomic mass is 19.2. The van der Waals surface area contributed by atoms with E-state index in [1.165, 1.54) is 38.2 Å². The third-order valence-corrected chi connectivity index (χ3v) is 6.83. The maximum atomic E-state index is 14.1. The van der Waals surface area contributed by atoms with Gasteiger partial charge in [-0.3, -0.25) is 0 Å². The second-order valence-electron chi connectivity index (χ2n) is 8.74. The van der Waals surface area contributed by atoms with Crippen LogP contribution in [0.5, 0.6) is 5.75 Å². The van der Waals surface area contributed by atoms with Crippen LogP contribution >= 0.6 is 0 Å². The zero-order chi connectivity index (χ0) is 19.3. The highest BCUT2D eigenvalue weighted by Crippen LogP contribution is 2.39. The zero-order valence-electron chi connectivity index (χ0n) is 16.7. The van der Waals surface area contributed by atoms with Gasteiger partial charge in [0, 0.05) is 0 Å². The van der Waals surface area contributed by atoms with Crippen LogP contribution in [0.3, 0.4) is 0 Å². The summed E-state index contributed by atoms with van der Waals surface area (Å²) in [4.78, 5) is 0. The molecule has 154 valence electrons. The molecule has 2 saturated carbocycles.